The second-order valence-corrected chi connectivity index (χ2v) is 6.95. The number of carbonyl (C=O) groups excluding carboxylic acids is 3. The molecule has 1 aliphatic heterocycles. The Labute approximate surface area is 164 Å². The molecule has 0 aromatic heterocycles. The highest BCUT2D eigenvalue weighted by Crippen LogP contribution is 2.34. The summed E-state index contributed by atoms with van der Waals surface area (Å²) < 4.78 is 0. The second kappa shape index (κ2) is 7.68. The van der Waals surface area contributed by atoms with Crippen molar-refractivity contribution in [2.45, 2.75) is 26.8 Å². The lowest BCUT2D eigenvalue weighted by Crippen LogP contribution is -2.39. The van der Waals surface area contributed by atoms with Crippen LogP contribution >= 0.6 is 0 Å². The van der Waals surface area contributed by atoms with Crippen LogP contribution in [0.25, 0.3) is 5.57 Å². The zero-order valence-corrected chi connectivity index (χ0v) is 16.4. The average Bonchev–Trinajstić information content (AvgIpc) is 2.92. The number of carbonyl (C=O) groups is 3. The summed E-state index contributed by atoms with van der Waals surface area (Å²) in [5.74, 6) is -0.799. The van der Waals surface area contributed by atoms with Crippen molar-refractivity contribution < 1.29 is 14.4 Å². The molecule has 6 nitrogen and oxygen atoms in total. The van der Waals surface area contributed by atoms with E-state index < -0.39 is 0 Å². The van der Waals surface area contributed by atoms with Crippen LogP contribution in [0.15, 0.2) is 60.3 Å². The van der Waals surface area contributed by atoms with Gasteiger partial charge in [0.2, 0.25) is 5.91 Å². The number of anilines is 2. The molecule has 0 unspecified atom stereocenters. The van der Waals surface area contributed by atoms with E-state index in [2.05, 4.69) is 5.32 Å². The number of para-hydroxylation sites is 1. The van der Waals surface area contributed by atoms with Crippen molar-refractivity contribution >= 4 is 34.7 Å². The fourth-order valence-corrected chi connectivity index (χ4v) is 3.28. The maximum absolute atomic E-state index is 13.1. The van der Waals surface area contributed by atoms with Gasteiger partial charge in [-0.3, -0.25) is 19.3 Å². The lowest BCUT2D eigenvalue weighted by molar-refractivity contribution is -0.138. The van der Waals surface area contributed by atoms with E-state index in [4.69, 9.17) is 0 Å². The van der Waals surface area contributed by atoms with Gasteiger partial charge in [0, 0.05) is 31.4 Å². The lowest BCUT2D eigenvalue weighted by atomic mass is 10.0. The highest BCUT2D eigenvalue weighted by molar-refractivity contribution is 6.36. The fraction of sp³-hybridized carbons (Fsp3) is 0.227. The molecule has 0 aliphatic carbocycles. The normalized spacial score (nSPS) is 14.1. The van der Waals surface area contributed by atoms with Gasteiger partial charge in [-0.2, -0.15) is 0 Å². The molecule has 3 amide bonds. The fourth-order valence-electron chi connectivity index (χ4n) is 3.28. The first kappa shape index (κ1) is 19.4. The Balaban J connectivity index is 2.10. The molecule has 28 heavy (non-hydrogen) atoms. The van der Waals surface area contributed by atoms with Crippen LogP contribution in [0.4, 0.5) is 11.4 Å². The summed E-state index contributed by atoms with van der Waals surface area (Å²) >= 11 is 0. The minimum Gasteiger partial charge on any atom is -0.339 e. The topological polar surface area (TPSA) is 69.7 Å². The molecule has 144 valence electrons. The number of rotatable bonds is 5. The van der Waals surface area contributed by atoms with Crippen LogP contribution in [0.5, 0.6) is 0 Å². The smallest absolute Gasteiger partial charge is 0.278 e. The zero-order chi connectivity index (χ0) is 20.4. The Morgan fingerprint density at radius 3 is 2.11 bits per heavy atom. The minimum atomic E-state index is -0.315. The van der Waals surface area contributed by atoms with Gasteiger partial charge in [0.25, 0.3) is 11.8 Å². The number of nitrogens with zero attached hydrogens (tertiary/aromatic N) is 2. The minimum absolute atomic E-state index is 0.172. The molecule has 2 aromatic rings. The molecular weight excluding hydrogens is 354 g/mol. The summed E-state index contributed by atoms with van der Waals surface area (Å²) in [7, 11) is 1.78. The summed E-state index contributed by atoms with van der Waals surface area (Å²) in [5.41, 5.74) is 2.79. The Bertz CT molecular complexity index is 947. The van der Waals surface area contributed by atoms with Crippen LogP contribution in [0, 0.1) is 0 Å². The van der Waals surface area contributed by atoms with Crippen LogP contribution in [-0.2, 0) is 14.4 Å². The van der Waals surface area contributed by atoms with E-state index in [-0.39, 0.29) is 23.8 Å². The third kappa shape index (κ3) is 3.53. The largest absolute Gasteiger partial charge is 0.339 e. The van der Waals surface area contributed by atoms with Crippen LogP contribution in [0.3, 0.4) is 0 Å². The highest BCUT2D eigenvalue weighted by atomic mass is 16.2. The first-order chi connectivity index (χ1) is 13.3. The number of likely N-dealkylation sites (N-methyl/N-ethyl adjacent to an activating group) is 1. The molecule has 0 radical (unpaired) electrons. The quantitative estimate of drug-likeness (QED) is 0.812. The number of hydrogen-bond acceptors (Lipinski definition) is 4. The molecular formula is C22H23N3O3. The molecule has 0 fully saturated rings. The number of amides is 3. The third-order valence-electron chi connectivity index (χ3n) is 4.58. The van der Waals surface area contributed by atoms with Gasteiger partial charge in [-0.1, -0.05) is 30.3 Å². The predicted molar refractivity (Wildman–Crippen MR) is 109 cm³/mol. The SMILES string of the molecule is CC(=O)Nc1ccc(C2=C(N(C)c3ccccc3)C(=O)N(C(C)C)C2=O)cc1. The van der Waals surface area contributed by atoms with Crippen molar-refractivity contribution in [1.82, 2.24) is 4.90 Å². The van der Waals surface area contributed by atoms with Crippen LogP contribution in [0.2, 0.25) is 0 Å². The molecule has 3 rings (SSSR count). The van der Waals surface area contributed by atoms with Crippen molar-refractivity contribution in [2.75, 3.05) is 17.3 Å². The van der Waals surface area contributed by atoms with Gasteiger partial charge in [0.1, 0.15) is 5.70 Å². The summed E-state index contributed by atoms with van der Waals surface area (Å²) in [5, 5.41) is 2.70. The van der Waals surface area contributed by atoms with Gasteiger partial charge in [0.15, 0.2) is 0 Å². The van der Waals surface area contributed by atoms with Crippen molar-refractivity contribution in [1.29, 1.82) is 0 Å². The van der Waals surface area contributed by atoms with Gasteiger partial charge in [-0.05, 0) is 43.7 Å². The van der Waals surface area contributed by atoms with E-state index in [0.717, 1.165) is 5.69 Å². The van der Waals surface area contributed by atoms with Gasteiger partial charge in [-0.25, -0.2) is 0 Å². The first-order valence-corrected chi connectivity index (χ1v) is 9.10. The number of benzene rings is 2. The van der Waals surface area contributed by atoms with E-state index in [1.54, 1.807) is 36.2 Å². The van der Waals surface area contributed by atoms with Crippen LogP contribution in [0.1, 0.15) is 26.3 Å². The van der Waals surface area contributed by atoms with Crippen molar-refractivity contribution in [3.8, 4) is 0 Å². The molecule has 1 aliphatic rings. The maximum Gasteiger partial charge on any atom is 0.278 e. The second-order valence-electron chi connectivity index (χ2n) is 6.95. The maximum atomic E-state index is 13.1. The Morgan fingerprint density at radius 1 is 0.964 bits per heavy atom. The summed E-state index contributed by atoms with van der Waals surface area (Å²) in [4.78, 5) is 40.5. The van der Waals surface area contributed by atoms with Crippen LogP contribution < -0.4 is 10.2 Å². The molecule has 0 atom stereocenters. The third-order valence-corrected chi connectivity index (χ3v) is 4.58. The Kier molecular flexibility index (Phi) is 5.31. The van der Waals surface area contributed by atoms with Crippen molar-refractivity contribution in [2.24, 2.45) is 0 Å². The molecule has 1 N–H and O–H groups in total. The molecule has 1 heterocycles. The van der Waals surface area contributed by atoms with E-state index in [0.29, 0.717) is 22.5 Å². The van der Waals surface area contributed by atoms with Gasteiger partial charge in [0.05, 0.1) is 5.57 Å². The van der Waals surface area contributed by atoms with Crippen LogP contribution in [-0.4, -0.2) is 35.7 Å². The summed E-state index contributed by atoms with van der Waals surface area (Å²) in [6.07, 6.45) is 0. The predicted octanol–water partition coefficient (Wildman–Crippen LogP) is 3.27. The number of imide groups is 1. The standard InChI is InChI=1S/C22H23N3O3/c1-14(2)25-21(27)19(16-10-12-17(13-11-16)23-15(3)26)20(22(25)28)24(4)18-8-6-5-7-9-18/h5-14H,1-4H3,(H,23,26). The van der Waals surface area contributed by atoms with E-state index in [1.165, 1.54) is 11.8 Å². The molecule has 0 bridgehead atoms. The molecule has 0 saturated heterocycles. The highest BCUT2D eigenvalue weighted by Gasteiger charge is 2.42. The number of hydrogen-bond donors (Lipinski definition) is 1. The summed E-state index contributed by atoms with van der Waals surface area (Å²) in [6, 6.07) is 16.1. The van der Waals surface area contributed by atoms with Crippen molar-refractivity contribution in [3.63, 3.8) is 0 Å². The molecule has 0 saturated carbocycles. The molecule has 0 spiro atoms. The first-order valence-electron chi connectivity index (χ1n) is 9.10. The zero-order valence-electron chi connectivity index (χ0n) is 16.4. The van der Waals surface area contributed by atoms with Gasteiger partial charge in [-0.15, -0.1) is 0 Å². The van der Waals surface area contributed by atoms with E-state index in [1.807, 2.05) is 44.2 Å². The van der Waals surface area contributed by atoms with Gasteiger partial charge >= 0.3 is 0 Å². The van der Waals surface area contributed by atoms with E-state index >= 15 is 0 Å². The monoisotopic (exact) mass is 377 g/mol. The molecule has 2 aromatic carbocycles. The average molecular weight is 377 g/mol. The lowest BCUT2D eigenvalue weighted by Gasteiger charge is -2.23. The van der Waals surface area contributed by atoms with Gasteiger partial charge < -0.3 is 10.2 Å². The van der Waals surface area contributed by atoms with Crippen molar-refractivity contribution in [3.05, 3.63) is 65.9 Å². The Morgan fingerprint density at radius 2 is 1.57 bits per heavy atom. The Hall–Kier alpha value is -3.41. The number of nitrogens with one attached hydrogen (secondary N) is 1. The summed E-state index contributed by atoms with van der Waals surface area (Å²) in [6.45, 7) is 5.07. The van der Waals surface area contributed by atoms with E-state index in [9.17, 15) is 14.4 Å². The molecule has 6 heteroatoms.